The number of aromatic nitrogens is 2. The molecule has 0 aromatic carbocycles. The summed E-state index contributed by atoms with van der Waals surface area (Å²) in [6, 6.07) is 1.62. The molecule has 1 aromatic rings. The SMILES string of the molecule is CCc1cc(CC(N)C(C)S(C)(=O)=O)n(CC)n1. The van der Waals surface area contributed by atoms with Crippen molar-refractivity contribution in [2.24, 2.45) is 5.73 Å². The normalized spacial score (nSPS) is 15.6. The average Bonchev–Trinajstić information content (AvgIpc) is 2.69. The maximum absolute atomic E-state index is 11.5. The molecular weight excluding hydrogens is 250 g/mol. The van der Waals surface area contributed by atoms with Crippen molar-refractivity contribution in [2.75, 3.05) is 6.26 Å². The number of hydrogen-bond donors (Lipinski definition) is 1. The van der Waals surface area contributed by atoms with Crippen LogP contribution in [0.4, 0.5) is 0 Å². The third-order valence-electron chi connectivity index (χ3n) is 3.30. The van der Waals surface area contributed by atoms with E-state index >= 15 is 0 Å². The molecule has 0 radical (unpaired) electrons. The molecule has 2 unspecified atom stereocenters. The lowest BCUT2D eigenvalue weighted by Crippen LogP contribution is -2.40. The fourth-order valence-corrected chi connectivity index (χ4v) is 2.58. The Morgan fingerprint density at radius 3 is 2.50 bits per heavy atom. The molecule has 0 saturated heterocycles. The Kier molecular flexibility index (Phi) is 4.92. The minimum absolute atomic E-state index is 0.397. The molecule has 0 aliphatic rings. The third-order valence-corrected chi connectivity index (χ3v) is 5.00. The Hall–Kier alpha value is -0.880. The molecule has 0 saturated carbocycles. The van der Waals surface area contributed by atoms with Crippen LogP contribution in [0.2, 0.25) is 0 Å². The first-order valence-electron chi connectivity index (χ1n) is 6.29. The highest BCUT2D eigenvalue weighted by molar-refractivity contribution is 7.91. The van der Waals surface area contributed by atoms with Gasteiger partial charge in [-0.25, -0.2) is 8.42 Å². The van der Waals surface area contributed by atoms with Gasteiger partial charge in [-0.05, 0) is 26.3 Å². The molecule has 5 nitrogen and oxygen atoms in total. The summed E-state index contributed by atoms with van der Waals surface area (Å²) < 4.78 is 24.8. The highest BCUT2D eigenvalue weighted by atomic mass is 32.2. The number of hydrogen-bond acceptors (Lipinski definition) is 4. The summed E-state index contributed by atoms with van der Waals surface area (Å²) in [5, 5.41) is 3.89. The molecule has 0 spiro atoms. The topological polar surface area (TPSA) is 78.0 Å². The van der Waals surface area contributed by atoms with Gasteiger partial charge in [-0.1, -0.05) is 6.92 Å². The molecule has 2 N–H and O–H groups in total. The summed E-state index contributed by atoms with van der Waals surface area (Å²) in [7, 11) is -3.10. The van der Waals surface area contributed by atoms with Crippen LogP contribution < -0.4 is 5.73 Å². The van der Waals surface area contributed by atoms with Crippen LogP contribution in [0.3, 0.4) is 0 Å². The van der Waals surface area contributed by atoms with E-state index < -0.39 is 21.1 Å². The van der Waals surface area contributed by atoms with E-state index in [1.165, 1.54) is 6.26 Å². The lowest BCUT2D eigenvalue weighted by molar-refractivity contribution is 0.542. The Bertz CT molecular complexity index is 493. The summed E-state index contributed by atoms with van der Waals surface area (Å²) in [5.41, 5.74) is 8.02. The Labute approximate surface area is 109 Å². The largest absolute Gasteiger partial charge is 0.326 e. The van der Waals surface area contributed by atoms with E-state index in [4.69, 9.17) is 5.73 Å². The van der Waals surface area contributed by atoms with E-state index in [0.717, 1.165) is 24.4 Å². The molecule has 0 bridgehead atoms. The molecule has 104 valence electrons. The summed E-state index contributed by atoms with van der Waals surface area (Å²) in [6.07, 6.45) is 2.64. The lowest BCUT2D eigenvalue weighted by atomic mass is 10.1. The number of nitrogens with zero attached hydrogens (tertiary/aromatic N) is 2. The van der Waals surface area contributed by atoms with E-state index in [0.29, 0.717) is 6.42 Å². The Morgan fingerprint density at radius 2 is 2.06 bits per heavy atom. The Morgan fingerprint density at radius 1 is 1.44 bits per heavy atom. The minimum atomic E-state index is -3.10. The van der Waals surface area contributed by atoms with Gasteiger partial charge in [-0.15, -0.1) is 0 Å². The molecule has 6 heteroatoms. The van der Waals surface area contributed by atoms with Gasteiger partial charge in [0.2, 0.25) is 0 Å². The summed E-state index contributed by atoms with van der Waals surface area (Å²) in [4.78, 5) is 0. The van der Waals surface area contributed by atoms with Crippen molar-refractivity contribution in [3.8, 4) is 0 Å². The van der Waals surface area contributed by atoms with Gasteiger partial charge < -0.3 is 5.73 Å². The fourth-order valence-electron chi connectivity index (χ4n) is 1.85. The van der Waals surface area contributed by atoms with Crippen molar-refractivity contribution in [1.29, 1.82) is 0 Å². The van der Waals surface area contributed by atoms with Gasteiger partial charge in [0.05, 0.1) is 10.9 Å². The summed E-state index contributed by atoms with van der Waals surface area (Å²) in [6.45, 7) is 6.50. The van der Waals surface area contributed by atoms with E-state index in [1.807, 2.05) is 24.6 Å². The van der Waals surface area contributed by atoms with Crippen molar-refractivity contribution in [2.45, 2.75) is 51.4 Å². The molecule has 1 heterocycles. The molecule has 0 aliphatic carbocycles. The number of nitrogens with two attached hydrogens (primary N) is 1. The number of rotatable bonds is 6. The van der Waals surface area contributed by atoms with Gasteiger partial charge in [-0.3, -0.25) is 4.68 Å². The second-order valence-corrected chi connectivity index (χ2v) is 7.10. The molecule has 0 fully saturated rings. The molecule has 18 heavy (non-hydrogen) atoms. The van der Waals surface area contributed by atoms with Crippen LogP contribution in [-0.2, 0) is 29.2 Å². The monoisotopic (exact) mass is 273 g/mol. The molecule has 2 atom stereocenters. The molecule has 1 rings (SSSR count). The van der Waals surface area contributed by atoms with Crippen molar-refractivity contribution in [3.05, 3.63) is 17.5 Å². The maximum atomic E-state index is 11.5. The molecule has 0 amide bonds. The third kappa shape index (κ3) is 3.55. The standard InChI is InChI=1S/C12H23N3O2S/c1-5-10-7-11(15(6-2)14-10)8-12(13)9(3)18(4,16)17/h7,9,12H,5-6,8,13H2,1-4H3. The number of aryl methyl sites for hydroxylation is 2. The second kappa shape index (κ2) is 5.84. The fraction of sp³-hybridized carbons (Fsp3) is 0.750. The maximum Gasteiger partial charge on any atom is 0.151 e. The van der Waals surface area contributed by atoms with E-state index in [-0.39, 0.29) is 0 Å². The first-order chi connectivity index (χ1) is 8.29. The highest BCUT2D eigenvalue weighted by Crippen LogP contribution is 2.12. The summed E-state index contributed by atoms with van der Waals surface area (Å²) >= 11 is 0. The van der Waals surface area contributed by atoms with Crippen LogP contribution in [0.1, 0.15) is 32.2 Å². The van der Waals surface area contributed by atoms with Crippen molar-refractivity contribution in [1.82, 2.24) is 9.78 Å². The molecule has 1 aromatic heterocycles. The molecular formula is C12H23N3O2S. The average molecular weight is 273 g/mol. The predicted octanol–water partition coefficient (Wildman–Crippen LogP) is 0.768. The van der Waals surface area contributed by atoms with Crippen LogP contribution in [0, 0.1) is 0 Å². The van der Waals surface area contributed by atoms with Crippen molar-refractivity contribution < 1.29 is 8.42 Å². The van der Waals surface area contributed by atoms with Gasteiger partial charge in [0.25, 0.3) is 0 Å². The van der Waals surface area contributed by atoms with Gasteiger partial charge >= 0.3 is 0 Å². The minimum Gasteiger partial charge on any atom is -0.326 e. The zero-order valence-electron chi connectivity index (χ0n) is 11.5. The molecule has 0 aliphatic heterocycles. The quantitative estimate of drug-likeness (QED) is 0.830. The van der Waals surface area contributed by atoms with Crippen LogP contribution in [0.25, 0.3) is 0 Å². The Balaban J connectivity index is 2.87. The second-order valence-electron chi connectivity index (χ2n) is 4.70. The van der Waals surface area contributed by atoms with Gasteiger partial charge in [-0.2, -0.15) is 5.10 Å². The first-order valence-corrected chi connectivity index (χ1v) is 8.25. The van der Waals surface area contributed by atoms with Crippen LogP contribution >= 0.6 is 0 Å². The highest BCUT2D eigenvalue weighted by Gasteiger charge is 2.24. The zero-order chi connectivity index (χ0) is 13.9. The van der Waals surface area contributed by atoms with Gasteiger partial charge in [0.15, 0.2) is 9.84 Å². The van der Waals surface area contributed by atoms with Crippen LogP contribution in [0.15, 0.2) is 6.07 Å². The van der Waals surface area contributed by atoms with Crippen molar-refractivity contribution in [3.63, 3.8) is 0 Å². The van der Waals surface area contributed by atoms with Crippen LogP contribution in [0.5, 0.6) is 0 Å². The van der Waals surface area contributed by atoms with Crippen LogP contribution in [-0.4, -0.2) is 35.7 Å². The summed E-state index contributed by atoms with van der Waals surface area (Å²) in [5.74, 6) is 0. The van der Waals surface area contributed by atoms with Gasteiger partial charge in [0.1, 0.15) is 0 Å². The van der Waals surface area contributed by atoms with E-state index in [2.05, 4.69) is 5.10 Å². The van der Waals surface area contributed by atoms with Gasteiger partial charge in [0, 0.05) is 31.0 Å². The predicted molar refractivity (Wildman–Crippen MR) is 73.3 cm³/mol. The van der Waals surface area contributed by atoms with E-state index in [9.17, 15) is 8.42 Å². The lowest BCUT2D eigenvalue weighted by Gasteiger charge is -2.18. The first kappa shape index (κ1) is 15.2. The number of sulfone groups is 1. The smallest absolute Gasteiger partial charge is 0.151 e. The van der Waals surface area contributed by atoms with Crippen molar-refractivity contribution >= 4 is 9.84 Å². The zero-order valence-corrected chi connectivity index (χ0v) is 12.4. The van der Waals surface area contributed by atoms with E-state index in [1.54, 1.807) is 6.92 Å².